The van der Waals surface area contributed by atoms with Gasteiger partial charge >= 0.3 is 0 Å². The summed E-state index contributed by atoms with van der Waals surface area (Å²) in [5.41, 5.74) is 0.895. The lowest BCUT2D eigenvalue weighted by Gasteiger charge is -2.22. The van der Waals surface area contributed by atoms with Crippen molar-refractivity contribution in [2.75, 3.05) is 6.61 Å². The molecule has 1 aliphatic carbocycles. The number of phenolic OH excluding ortho intramolecular Hbond substituents is 1. The minimum absolute atomic E-state index is 0.170. The van der Waals surface area contributed by atoms with Gasteiger partial charge in [-0.1, -0.05) is 51.5 Å². The van der Waals surface area contributed by atoms with Crippen LogP contribution < -0.4 is 4.74 Å². The summed E-state index contributed by atoms with van der Waals surface area (Å²) in [7, 11) is 0. The highest BCUT2D eigenvalue weighted by Crippen LogP contribution is 2.37. The molecule has 1 aromatic rings. The van der Waals surface area contributed by atoms with Crippen LogP contribution >= 0.6 is 0 Å². The van der Waals surface area contributed by atoms with E-state index in [2.05, 4.69) is 6.92 Å². The first-order valence-corrected chi connectivity index (χ1v) is 9.68. The predicted molar refractivity (Wildman–Crippen MR) is 97.8 cm³/mol. The number of phenols is 1. The molecule has 2 rings (SSSR count). The number of hydrogen-bond acceptors (Lipinski definition) is 3. The van der Waals surface area contributed by atoms with Crippen molar-refractivity contribution < 1.29 is 14.6 Å². The second-order valence-corrected chi connectivity index (χ2v) is 7.02. The maximum absolute atomic E-state index is 11.6. The van der Waals surface area contributed by atoms with Gasteiger partial charge in [0.25, 0.3) is 0 Å². The molecule has 24 heavy (non-hydrogen) atoms. The van der Waals surface area contributed by atoms with Crippen molar-refractivity contribution in [3.8, 4) is 11.5 Å². The van der Waals surface area contributed by atoms with Gasteiger partial charge in [-0.05, 0) is 36.8 Å². The van der Waals surface area contributed by atoms with Gasteiger partial charge in [0.15, 0.2) is 0 Å². The summed E-state index contributed by atoms with van der Waals surface area (Å²) in [5, 5.41) is 10.3. The zero-order valence-electron chi connectivity index (χ0n) is 15.1. The quantitative estimate of drug-likeness (QED) is 0.555. The molecular formula is C21H32O3. The molecule has 1 N–H and O–H groups in total. The van der Waals surface area contributed by atoms with E-state index < -0.39 is 0 Å². The Bertz CT molecular complexity index is 510. The van der Waals surface area contributed by atoms with Gasteiger partial charge in [0.1, 0.15) is 17.3 Å². The monoisotopic (exact) mass is 332 g/mol. The van der Waals surface area contributed by atoms with Crippen LogP contribution in [0.5, 0.6) is 11.5 Å². The summed E-state index contributed by atoms with van der Waals surface area (Å²) in [4.78, 5) is 11.6. The standard InChI is InChI=1S/C21H32O3/c1-2-3-4-5-6-7-8-14-24-19-12-13-20(21(23)16-19)17-10-9-11-18(22)15-17/h12-13,16-17,23H,2-11,14-15H2,1H3. The summed E-state index contributed by atoms with van der Waals surface area (Å²) in [6.45, 7) is 2.94. The largest absolute Gasteiger partial charge is 0.508 e. The molecule has 0 spiro atoms. The first-order chi connectivity index (χ1) is 11.7. The lowest BCUT2D eigenvalue weighted by Crippen LogP contribution is -2.13. The molecule has 1 aromatic carbocycles. The fraction of sp³-hybridized carbons (Fsp3) is 0.667. The normalized spacial score (nSPS) is 17.9. The molecular weight excluding hydrogens is 300 g/mol. The molecule has 0 aliphatic heterocycles. The number of ether oxygens (including phenoxy) is 1. The summed E-state index contributed by atoms with van der Waals surface area (Å²) in [6, 6.07) is 5.56. The van der Waals surface area contributed by atoms with Crippen molar-refractivity contribution in [3.63, 3.8) is 0 Å². The predicted octanol–water partition coefficient (Wildman–Crippen LogP) is 5.75. The Hall–Kier alpha value is -1.51. The highest BCUT2D eigenvalue weighted by Gasteiger charge is 2.23. The fourth-order valence-electron chi connectivity index (χ4n) is 3.50. The highest BCUT2D eigenvalue weighted by atomic mass is 16.5. The summed E-state index contributed by atoms with van der Waals surface area (Å²) < 4.78 is 5.75. The Labute approximate surface area is 146 Å². The third kappa shape index (κ3) is 6.18. The Morgan fingerprint density at radius 2 is 1.88 bits per heavy atom. The third-order valence-electron chi connectivity index (χ3n) is 4.94. The van der Waals surface area contributed by atoms with Crippen LogP contribution in [0.1, 0.15) is 89.0 Å². The summed E-state index contributed by atoms with van der Waals surface area (Å²) in [6.07, 6.45) is 12.0. The number of aromatic hydroxyl groups is 1. The van der Waals surface area contributed by atoms with Crippen molar-refractivity contribution in [3.05, 3.63) is 23.8 Å². The van der Waals surface area contributed by atoms with Gasteiger partial charge in [-0.15, -0.1) is 0 Å². The van der Waals surface area contributed by atoms with Gasteiger partial charge in [-0.2, -0.15) is 0 Å². The zero-order valence-corrected chi connectivity index (χ0v) is 15.1. The van der Waals surface area contributed by atoms with E-state index in [1.54, 1.807) is 6.07 Å². The van der Waals surface area contributed by atoms with E-state index in [9.17, 15) is 9.90 Å². The molecule has 0 bridgehead atoms. The van der Waals surface area contributed by atoms with E-state index in [4.69, 9.17) is 4.74 Å². The average Bonchev–Trinajstić information content (AvgIpc) is 2.57. The summed E-state index contributed by atoms with van der Waals surface area (Å²) >= 11 is 0. The highest BCUT2D eigenvalue weighted by molar-refractivity contribution is 5.80. The van der Waals surface area contributed by atoms with Gasteiger partial charge in [0.2, 0.25) is 0 Å². The van der Waals surface area contributed by atoms with Crippen LogP contribution in [-0.2, 0) is 4.79 Å². The number of Topliss-reactive ketones (excluding diaryl/α,β-unsaturated/α-hetero) is 1. The van der Waals surface area contributed by atoms with Crippen LogP contribution in [0.15, 0.2) is 18.2 Å². The SMILES string of the molecule is CCCCCCCCCOc1ccc(C2CCCC(=O)C2)c(O)c1. The van der Waals surface area contributed by atoms with Gasteiger partial charge in [-0.25, -0.2) is 0 Å². The fourth-order valence-corrected chi connectivity index (χ4v) is 3.50. The molecule has 0 radical (unpaired) electrons. The Morgan fingerprint density at radius 1 is 1.12 bits per heavy atom. The molecule has 0 saturated heterocycles. The maximum Gasteiger partial charge on any atom is 0.133 e. The van der Waals surface area contributed by atoms with E-state index in [-0.39, 0.29) is 11.7 Å². The molecule has 0 heterocycles. The smallest absolute Gasteiger partial charge is 0.133 e. The number of benzene rings is 1. The number of ketones is 1. The maximum atomic E-state index is 11.6. The Kier molecular flexibility index (Phi) is 8.14. The van der Waals surface area contributed by atoms with Gasteiger partial charge in [0.05, 0.1) is 6.61 Å². The minimum atomic E-state index is 0.170. The van der Waals surface area contributed by atoms with Crippen molar-refractivity contribution in [2.45, 2.75) is 83.5 Å². The van der Waals surface area contributed by atoms with Crippen LogP contribution in [0.25, 0.3) is 0 Å². The van der Waals surface area contributed by atoms with Gasteiger partial charge in [0, 0.05) is 18.9 Å². The second kappa shape index (κ2) is 10.4. The van der Waals surface area contributed by atoms with Crippen LogP contribution in [0, 0.1) is 0 Å². The van der Waals surface area contributed by atoms with Crippen molar-refractivity contribution in [1.29, 1.82) is 0 Å². The topological polar surface area (TPSA) is 46.5 Å². The molecule has 1 fully saturated rings. The number of carbonyl (C=O) groups is 1. The van der Waals surface area contributed by atoms with Gasteiger partial charge < -0.3 is 9.84 Å². The van der Waals surface area contributed by atoms with Crippen LogP contribution in [-0.4, -0.2) is 17.5 Å². The number of hydrogen-bond donors (Lipinski definition) is 1. The molecule has 1 unspecified atom stereocenters. The number of carbonyl (C=O) groups excluding carboxylic acids is 1. The van der Waals surface area contributed by atoms with E-state index in [1.807, 2.05) is 12.1 Å². The van der Waals surface area contributed by atoms with Gasteiger partial charge in [-0.3, -0.25) is 4.79 Å². The molecule has 1 saturated carbocycles. The third-order valence-corrected chi connectivity index (χ3v) is 4.94. The molecule has 3 heteroatoms. The molecule has 1 atom stereocenters. The first-order valence-electron chi connectivity index (χ1n) is 9.68. The van der Waals surface area contributed by atoms with E-state index in [1.165, 1.54) is 38.5 Å². The number of unbranched alkanes of at least 4 members (excludes halogenated alkanes) is 6. The van der Waals surface area contributed by atoms with E-state index in [0.29, 0.717) is 25.2 Å². The Morgan fingerprint density at radius 3 is 2.58 bits per heavy atom. The van der Waals surface area contributed by atoms with E-state index in [0.717, 1.165) is 30.6 Å². The lowest BCUT2D eigenvalue weighted by atomic mass is 9.83. The van der Waals surface area contributed by atoms with Crippen molar-refractivity contribution in [2.24, 2.45) is 0 Å². The second-order valence-electron chi connectivity index (χ2n) is 7.02. The van der Waals surface area contributed by atoms with Crippen LogP contribution in [0.2, 0.25) is 0 Å². The number of rotatable bonds is 10. The molecule has 1 aliphatic rings. The lowest BCUT2D eigenvalue weighted by molar-refractivity contribution is -0.120. The molecule has 134 valence electrons. The van der Waals surface area contributed by atoms with E-state index >= 15 is 0 Å². The Balaban J connectivity index is 1.71. The molecule has 0 aromatic heterocycles. The molecule has 3 nitrogen and oxygen atoms in total. The van der Waals surface area contributed by atoms with Crippen molar-refractivity contribution >= 4 is 5.78 Å². The van der Waals surface area contributed by atoms with Crippen molar-refractivity contribution in [1.82, 2.24) is 0 Å². The first kappa shape index (κ1) is 18.8. The molecule has 0 amide bonds. The zero-order chi connectivity index (χ0) is 17.2. The van der Waals surface area contributed by atoms with Crippen LogP contribution in [0.3, 0.4) is 0 Å². The average molecular weight is 332 g/mol. The minimum Gasteiger partial charge on any atom is -0.508 e. The summed E-state index contributed by atoms with van der Waals surface area (Å²) in [5.74, 6) is 1.48. The van der Waals surface area contributed by atoms with Crippen LogP contribution in [0.4, 0.5) is 0 Å².